The van der Waals surface area contributed by atoms with Gasteiger partial charge in [0.25, 0.3) is 0 Å². The second kappa shape index (κ2) is 30.6. The van der Waals surface area contributed by atoms with E-state index in [2.05, 4.69) is 0 Å². The van der Waals surface area contributed by atoms with E-state index in [1.807, 2.05) is 50.2 Å². The molecule has 0 saturated heterocycles. The number of isocyanates is 2. The molecular formula is C10H14N2O2. The molecule has 1 aromatic rings. The van der Waals surface area contributed by atoms with Gasteiger partial charge in [-0.3, -0.25) is 0 Å². The highest BCUT2D eigenvalue weighted by molar-refractivity contribution is 5.26. The molecule has 0 aliphatic rings. The lowest BCUT2D eigenvalue weighted by atomic mass is 10.4. The molecule has 0 unspecified atom stereocenters. The third-order valence-corrected chi connectivity index (χ3v) is 0.667. The third kappa shape index (κ3) is 50.8. The van der Waals surface area contributed by atoms with Gasteiger partial charge in [0.15, 0.2) is 0 Å². The van der Waals surface area contributed by atoms with E-state index in [9.17, 15) is 0 Å². The first-order valence-corrected chi connectivity index (χ1v) is 3.91. The van der Waals surface area contributed by atoms with Gasteiger partial charge in [-0.05, 0) is 0 Å². The van der Waals surface area contributed by atoms with Crippen molar-refractivity contribution in [2.45, 2.75) is 13.8 Å². The molecule has 0 aliphatic carbocycles. The highest BCUT2D eigenvalue weighted by Crippen LogP contribution is 1.79. The lowest BCUT2D eigenvalue weighted by molar-refractivity contribution is 0.562. The van der Waals surface area contributed by atoms with Crippen molar-refractivity contribution in [3.8, 4) is 0 Å². The predicted molar refractivity (Wildman–Crippen MR) is 54.6 cm³/mol. The molecule has 1 aromatic carbocycles. The first-order chi connectivity index (χ1) is 6.83. The van der Waals surface area contributed by atoms with Crippen LogP contribution in [0.3, 0.4) is 0 Å². The Bertz CT molecular complexity index is 197. The highest BCUT2D eigenvalue weighted by atomic mass is 16.1. The molecule has 0 heterocycles. The molecule has 14 heavy (non-hydrogen) atoms. The molecule has 4 heteroatoms. The molecule has 0 spiro atoms. The number of benzene rings is 1. The van der Waals surface area contributed by atoms with Crippen LogP contribution in [0.2, 0.25) is 0 Å². The van der Waals surface area contributed by atoms with Gasteiger partial charge >= 0.3 is 0 Å². The average molecular weight is 194 g/mol. The molecule has 2 N–H and O–H groups in total. The number of hydrogen-bond acceptors (Lipinski definition) is 4. The summed E-state index contributed by atoms with van der Waals surface area (Å²) in [6, 6.07) is 12.0. The second-order valence-corrected chi connectivity index (χ2v) is 1.36. The molecular weight excluding hydrogens is 180 g/mol. The van der Waals surface area contributed by atoms with Crippen molar-refractivity contribution in [2.24, 2.45) is 0 Å². The fourth-order valence-corrected chi connectivity index (χ4v) is 0.385. The maximum absolute atomic E-state index is 8.35. The van der Waals surface area contributed by atoms with Crippen molar-refractivity contribution < 1.29 is 9.59 Å². The van der Waals surface area contributed by atoms with Gasteiger partial charge in [-0.15, -0.1) is 0 Å². The average Bonchev–Trinajstić information content (AvgIpc) is 2.26. The Hall–Kier alpha value is -2.02. The van der Waals surface area contributed by atoms with Crippen molar-refractivity contribution in [3.63, 3.8) is 0 Å². The summed E-state index contributed by atoms with van der Waals surface area (Å²) in [6.07, 6.45) is 1.50. The van der Waals surface area contributed by atoms with Crippen molar-refractivity contribution in [1.82, 2.24) is 0 Å². The molecule has 0 aromatic heterocycles. The van der Waals surface area contributed by atoms with Crippen LogP contribution in [-0.2, 0) is 9.59 Å². The Balaban J connectivity index is -0.000000132. The van der Waals surface area contributed by atoms with Crippen molar-refractivity contribution in [1.29, 1.82) is 10.8 Å². The predicted octanol–water partition coefficient (Wildman–Crippen LogP) is 2.51. The van der Waals surface area contributed by atoms with Crippen LogP contribution in [0.1, 0.15) is 13.8 Å². The fourth-order valence-electron chi connectivity index (χ4n) is 0.385. The van der Waals surface area contributed by atoms with Gasteiger partial charge in [0, 0.05) is 0 Å². The smallest absolute Gasteiger partial charge is 0.222 e. The molecule has 0 fully saturated rings. The zero-order valence-electron chi connectivity index (χ0n) is 8.28. The number of hydrogen-bond donors (Lipinski definition) is 2. The van der Waals surface area contributed by atoms with Crippen LogP contribution in [0.25, 0.3) is 0 Å². The van der Waals surface area contributed by atoms with E-state index in [-0.39, 0.29) is 0 Å². The molecule has 0 saturated carbocycles. The molecule has 76 valence electrons. The van der Waals surface area contributed by atoms with Gasteiger partial charge in [0.1, 0.15) is 0 Å². The lowest BCUT2D eigenvalue weighted by Gasteiger charge is -1.69. The van der Waals surface area contributed by atoms with Gasteiger partial charge in [0.05, 0.1) is 0 Å². The monoisotopic (exact) mass is 194 g/mol. The zero-order chi connectivity index (χ0) is 11.7. The molecule has 0 bridgehead atoms. The minimum atomic E-state index is 0.750. The molecule has 0 amide bonds. The summed E-state index contributed by atoms with van der Waals surface area (Å²) < 4.78 is 0. The van der Waals surface area contributed by atoms with Crippen LogP contribution in [-0.4, -0.2) is 12.2 Å². The minimum absolute atomic E-state index is 0.750. The number of carbonyl (C=O) groups excluding carboxylic acids is 2. The minimum Gasteiger partial charge on any atom is -0.222 e. The SMILES string of the molecule is CC.N=C=O.N=C=O.c1ccccc1. The van der Waals surface area contributed by atoms with E-state index in [0.29, 0.717) is 0 Å². The van der Waals surface area contributed by atoms with Gasteiger partial charge in [-0.2, -0.15) is 0 Å². The van der Waals surface area contributed by atoms with E-state index in [1.165, 1.54) is 0 Å². The van der Waals surface area contributed by atoms with E-state index in [0.717, 1.165) is 12.2 Å². The van der Waals surface area contributed by atoms with E-state index >= 15 is 0 Å². The lowest BCUT2D eigenvalue weighted by Crippen LogP contribution is -1.47. The van der Waals surface area contributed by atoms with Crippen LogP contribution >= 0.6 is 0 Å². The number of nitrogens with one attached hydrogen (secondary N) is 2. The summed E-state index contributed by atoms with van der Waals surface area (Å²) in [7, 11) is 0. The Kier molecular flexibility index (Phi) is 39.1. The van der Waals surface area contributed by atoms with E-state index in [4.69, 9.17) is 20.4 Å². The Morgan fingerprint density at radius 1 is 0.714 bits per heavy atom. The van der Waals surface area contributed by atoms with Crippen molar-refractivity contribution >= 4 is 12.2 Å². The van der Waals surface area contributed by atoms with E-state index < -0.39 is 0 Å². The molecule has 0 aliphatic heterocycles. The summed E-state index contributed by atoms with van der Waals surface area (Å²) >= 11 is 0. The first kappa shape index (κ1) is 17.9. The highest BCUT2D eigenvalue weighted by Gasteiger charge is 1.57. The maximum Gasteiger partial charge on any atom is 0.231 e. The fraction of sp³-hybridized carbons (Fsp3) is 0.200. The molecule has 0 atom stereocenters. The third-order valence-electron chi connectivity index (χ3n) is 0.667. The van der Waals surface area contributed by atoms with E-state index in [1.54, 1.807) is 0 Å². The van der Waals surface area contributed by atoms with Gasteiger partial charge < -0.3 is 0 Å². The first-order valence-electron chi connectivity index (χ1n) is 3.91. The summed E-state index contributed by atoms with van der Waals surface area (Å²) in [4.78, 5) is 16.7. The Morgan fingerprint density at radius 2 is 0.786 bits per heavy atom. The number of rotatable bonds is 0. The van der Waals surface area contributed by atoms with Crippen molar-refractivity contribution in [3.05, 3.63) is 36.4 Å². The molecule has 0 radical (unpaired) electrons. The van der Waals surface area contributed by atoms with Crippen LogP contribution in [0.5, 0.6) is 0 Å². The maximum atomic E-state index is 8.35. The summed E-state index contributed by atoms with van der Waals surface area (Å²) in [5, 5.41) is 10.8. The van der Waals surface area contributed by atoms with Crippen LogP contribution in [0.15, 0.2) is 36.4 Å². The summed E-state index contributed by atoms with van der Waals surface area (Å²) in [5.41, 5.74) is 0. The van der Waals surface area contributed by atoms with Gasteiger partial charge in [0.2, 0.25) is 12.2 Å². The largest absolute Gasteiger partial charge is 0.231 e. The quantitative estimate of drug-likeness (QED) is 0.491. The second-order valence-electron chi connectivity index (χ2n) is 1.36. The Labute approximate surface area is 83.6 Å². The van der Waals surface area contributed by atoms with Gasteiger partial charge in [-0.1, -0.05) is 50.2 Å². The van der Waals surface area contributed by atoms with Gasteiger partial charge in [-0.25, -0.2) is 20.4 Å². The summed E-state index contributed by atoms with van der Waals surface area (Å²) in [6.45, 7) is 4.00. The standard InChI is InChI=1S/C6H6.C2H6.2CHNO/c1-2-4-6-5-3-1;1-2;2*2-1-3/h1-6H;1-2H3;2*2H. The molecule has 1 rings (SSSR count). The van der Waals surface area contributed by atoms with Crippen LogP contribution in [0, 0.1) is 10.8 Å². The molecule has 4 nitrogen and oxygen atoms in total. The topological polar surface area (TPSA) is 81.8 Å². The van der Waals surface area contributed by atoms with Crippen molar-refractivity contribution in [2.75, 3.05) is 0 Å². The van der Waals surface area contributed by atoms with Crippen LogP contribution < -0.4 is 0 Å². The zero-order valence-corrected chi connectivity index (χ0v) is 8.28. The Morgan fingerprint density at radius 3 is 0.857 bits per heavy atom. The van der Waals surface area contributed by atoms with Crippen LogP contribution in [0.4, 0.5) is 0 Å². The summed E-state index contributed by atoms with van der Waals surface area (Å²) in [5.74, 6) is 0. The normalized spacial score (nSPS) is 5.00.